The van der Waals surface area contributed by atoms with Crippen molar-refractivity contribution >= 4 is 55.0 Å². The summed E-state index contributed by atoms with van der Waals surface area (Å²) in [6.45, 7) is 0. The third kappa shape index (κ3) is 4.12. The second-order valence-electron chi connectivity index (χ2n) is 11.6. The van der Waals surface area contributed by atoms with Crippen LogP contribution in [0.1, 0.15) is 35.8 Å². The Hall–Kier alpha value is -2.66. The molecular formula is C32H28Br2O8. The zero-order chi connectivity index (χ0) is 29.4. The maximum atomic E-state index is 12.8. The average Bonchev–Trinajstić information content (AvgIpc) is 3.83. The van der Waals surface area contributed by atoms with Crippen molar-refractivity contribution in [1.29, 1.82) is 0 Å². The molecule has 2 aromatic rings. The molecule has 2 aromatic carbocycles. The van der Waals surface area contributed by atoms with Gasteiger partial charge in [-0.3, -0.25) is 19.2 Å². The molecule has 2 saturated carbocycles. The first-order valence-electron chi connectivity index (χ1n) is 14.0. The molecule has 0 aromatic heterocycles. The number of hydrogen-bond acceptors (Lipinski definition) is 8. The van der Waals surface area contributed by atoms with Gasteiger partial charge in [0.15, 0.2) is 23.1 Å². The maximum Gasteiger partial charge on any atom is 0.154 e. The minimum absolute atomic E-state index is 0.0119. The normalized spacial score (nSPS) is 36.8. The van der Waals surface area contributed by atoms with Crippen LogP contribution in [0, 0.1) is 23.7 Å². The van der Waals surface area contributed by atoms with Crippen molar-refractivity contribution in [1.82, 2.24) is 0 Å². The Morgan fingerprint density at radius 3 is 1.43 bits per heavy atom. The van der Waals surface area contributed by atoms with Crippen LogP contribution in [0.2, 0.25) is 0 Å². The molecule has 4 bridgehead atoms. The summed E-state index contributed by atoms with van der Waals surface area (Å²) in [5.41, 5.74) is 1.34. The van der Waals surface area contributed by atoms with Crippen molar-refractivity contribution in [3.05, 3.63) is 68.6 Å². The van der Waals surface area contributed by atoms with Gasteiger partial charge >= 0.3 is 0 Å². The molecule has 5 fully saturated rings. The van der Waals surface area contributed by atoms with Gasteiger partial charge in [0.05, 0.1) is 62.3 Å². The number of carbonyl (C=O) groups is 4. The monoisotopic (exact) mass is 698 g/mol. The second kappa shape index (κ2) is 10.5. The minimum Gasteiger partial charge on any atom is -0.496 e. The van der Waals surface area contributed by atoms with E-state index in [1.165, 1.54) is 0 Å². The van der Waals surface area contributed by atoms with Crippen molar-refractivity contribution in [2.24, 2.45) is 23.7 Å². The van der Waals surface area contributed by atoms with E-state index in [0.29, 0.717) is 22.6 Å². The topological polar surface area (TPSA) is 105 Å². The first-order chi connectivity index (χ1) is 20.2. The Morgan fingerprint density at radius 2 is 1.02 bits per heavy atom. The van der Waals surface area contributed by atoms with Gasteiger partial charge in [-0.25, -0.2) is 0 Å². The molecule has 2 unspecified atom stereocenters. The summed E-state index contributed by atoms with van der Waals surface area (Å²) < 4.78 is 23.8. The SMILES string of the molecule is COc1cc(Br)ccc1C1C(=O)[C@@H]2[C@H](C1=O)[C@H]1C=C[C@@H]2O1.COc1cc(Br)ccc1C1C(=O)[C@@H]2[C@H](C1=O)[C@H]1CC[C@@H]2O1. The zero-order valence-corrected chi connectivity index (χ0v) is 26.0. The maximum absolute atomic E-state index is 12.8. The molecule has 10 atom stereocenters. The molecule has 2 aliphatic carbocycles. The molecule has 10 heteroatoms. The number of methoxy groups -OCH3 is 2. The molecule has 8 nitrogen and oxygen atoms in total. The smallest absolute Gasteiger partial charge is 0.154 e. The molecule has 0 amide bonds. The van der Waals surface area contributed by atoms with E-state index in [9.17, 15) is 19.2 Å². The molecule has 42 heavy (non-hydrogen) atoms. The van der Waals surface area contributed by atoms with Crippen LogP contribution in [0.25, 0.3) is 0 Å². The Bertz CT molecular complexity index is 1440. The standard InChI is InChI=1S/C16H15BrO4.C16H13BrO4/c2*1-20-11-6-7(17)2-3-8(11)12-15(18)13-9-4-5-10(21-9)14(13)16(12)19/h2-3,6,9-10,12-14H,4-5H2,1H3;2-6,9-10,12-14H,1H3/t2*9-,10+,12?,13-,14+. The van der Waals surface area contributed by atoms with Gasteiger partial charge in [-0.1, -0.05) is 56.1 Å². The summed E-state index contributed by atoms with van der Waals surface area (Å²) in [7, 11) is 3.10. The predicted molar refractivity (Wildman–Crippen MR) is 157 cm³/mol. The van der Waals surface area contributed by atoms with Crippen LogP contribution < -0.4 is 9.47 Å². The Morgan fingerprint density at radius 1 is 0.619 bits per heavy atom. The summed E-state index contributed by atoms with van der Waals surface area (Å²) in [6, 6.07) is 10.9. The highest BCUT2D eigenvalue weighted by Crippen LogP contribution is 2.53. The van der Waals surface area contributed by atoms with Crippen molar-refractivity contribution in [2.75, 3.05) is 14.2 Å². The van der Waals surface area contributed by atoms with E-state index in [-0.39, 0.29) is 71.2 Å². The predicted octanol–water partition coefficient (Wildman–Crippen LogP) is 4.75. The van der Waals surface area contributed by atoms with E-state index in [2.05, 4.69) is 31.9 Å². The van der Waals surface area contributed by atoms with Crippen molar-refractivity contribution in [3.63, 3.8) is 0 Å². The van der Waals surface area contributed by atoms with E-state index in [4.69, 9.17) is 18.9 Å². The van der Waals surface area contributed by atoms with Gasteiger partial charge in [0.1, 0.15) is 23.3 Å². The van der Waals surface area contributed by atoms with Crippen LogP contribution in [0.4, 0.5) is 0 Å². The molecule has 8 rings (SSSR count). The van der Waals surface area contributed by atoms with E-state index in [0.717, 1.165) is 21.8 Å². The van der Waals surface area contributed by atoms with Gasteiger partial charge < -0.3 is 18.9 Å². The van der Waals surface area contributed by atoms with Gasteiger partial charge in [-0.05, 0) is 37.1 Å². The van der Waals surface area contributed by atoms with E-state index >= 15 is 0 Å². The van der Waals surface area contributed by atoms with Gasteiger partial charge in [0.25, 0.3) is 0 Å². The first kappa shape index (κ1) is 28.1. The third-order valence-corrected chi connectivity index (χ3v) is 10.6. The molecule has 3 saturated heterocycles. The van der Waals surface area contributed by atoms with Crippen LogP contribution in [-0.2, 0) is 28.7 Å². The first-order valence-corrected chi connectivity index (χ1v) is 15.6. The van der Waals surface area contributed by atoms with Crippen molar-refractivity contribution in [2.45, 2.75) is 49.1 Å². The average molecular weight is 700 g/mol. The number of fused-ring (bicyclic) bond motifs is 10. The number of ether oxygens (including phenoxy) is 4. The van der Waals surface area contributed by atoms with E-state index in [1.54, 1.807) is 32.4 Å². The van der Waals surface area contributed by atoms with Crippen LogP contribution in [0.3, 0.4) is 0 Å². The number of benzene rings is 2. The summed E-state index contributed by atoms with van der Waals surface area (Å²) in [5, 5.41) is 0. The molecule has 218 valence electrons. The lowest BCUT2D eigenvalue weighted by atomic mass is 9.81. The lowest BCUT2D eigenvalue weighted by Crippen LogP contribution is -2.29. The summed E-state index contributed by atoms with van der Waals surface area (Å²) in [6.07, 6.45) is 5.03. The zero-order valence-electron chi connectivity index (χ0n) is 22.8. The third-order valence-electron chi connectivity index (χ3n) is 9.64. The fourth-order valence-corrected chi connectivity index (χ4v) is 8.58. The van der Waals surface area contributed by atoms with Crippen molar-refractivity contribution < 1.29 is 38.1 Å². The number of halogens is 2. The lowest BCUT2D eigenvalue weighted by molar-refractivity contribution is -0.129. The Labute approximate surface area is 259 Å². The molecule has 6 aliphatic rings. The highest BCUT2D eigenvalue weighted by molar-refractivity contribution is 9.10. The fraction of sp³-hybridized carbons (Fsp3) is 0.438. The number of rotatable bonds is 4. The van der Waals surface area contributed by atoms with Gasteiger partial charge in [-0.15, -0.1) is 0 Å². The van der Waals surface area contributed by atoms with E-state index < -0.39 is 11.8 Å². The quantitative estimate of drug-likeness (QED) is 0.333. The van der Waals surface area contributed by atoms with E-state index in [1.807, 2.05) is 30.4 Å². The molecular weight excluding hydrogens is 672 g/mol. The Kier molecular flexibility index (Phi) is 7.03. The van der Waals surface area contributed by atoms with Crippen LogP contribution in [0.5, 0.6) is 11.5 Å². The molecule has 0 spiro atoms. The molecule has 4 heterocycles. The lowest BCUT2D eigenvalue weighted by Gasteiger charge is -2.16. The Balaban J connectivity index is 0.000000137. The summed E-state index contributed by atoms with van der Waals surface area (Å²) in [5.74, 6) is -1.45. The number of carbonyl (C=O) groups excluding carboxylic acids is 4. The summed E-state index contributed by atoms with van der Waals surface area (Å²) >= 11 is 6.76. The number of hydrogen-bond donors (Lipinski definition) is 0. The highest BCUT2D eigenvalue weighted by atomic mass is 79.9. The second-order valence-corrected chi connectivity index (χ2v) is 13.4. The number of Topliss-reactive ketones (excluding diaryl/α,β-unsaturated/α-hetero) is 4. The van der Waals surface area contributed by atoms with Crippen molar-refractivity contribution in [3.8, 4) is 11.5 Å². The fourth-order valence-electron chi connectivity index (χ4n) is 7.90. The number of ketones is 4. The largest absolute Gasteiger partial charge is 0.496 e. The van der Waals surface area contributed by atoms with Crippen LogP contribution in [-0.4, -0.2) is 61.8 Å². The van der Waals surface area contributed by atoms with Gasteiger partial charge in [-0.2, -0.15) is 0 Å². The molecule has 4 aliphatic heterocycles. The van der Waals surface area contributed by atoms with Gasteiger partial charge in [0, 0.05) is 20.1 Å². The summed E-state index contributed by atoms with van der Waals surface area (Å²) in [4.78, 5) is 51.0. The molecule has 0 N–H and O–H groups in total. The minimum atomic E-state index is -0.725. The van der Waals surface area contributed by atoms with Crippen LogP contribution >= 0.6 is 31.9 Å². The highest BCUT2D eigenvalue weighted by Gasteiger charge is 2.63. The molecule has 0 radical (unpaired) electrons. The van der Waals surface area contributed by atoms with Gasteiger partial charge in [0.2, 0.25) is 0 Å². The van der Waals surface area contributed by atoms with Crippen LogP contribution in [0.15, 0.2) is 57.5 Å².